The number of benzene rings is 1. The van der Waals surface area contributed by atoms with Gasteiger partial charge in [-0.05, 0) is 37.3 Å². The van der Waals surface area contributed by atoms with E-state index in [1.165, 1.54) is 25.1 Å². The van der Waals surface area contributed by atoms with Gasteiger partial charge in [0.05, 0.1) is 6.20 Å². The van der Waals surface area contributed by atoms with Gasteiger partial charge in [0, 0.05) is 11.3 Å². The molecular formula is C18H16F4N4O2. The van der Waals surface area contributed by atoms with E-state index in [0.717, 1.165) is 18.3 Å². The highest BCUT2D eigenvalue weighted by atomic mass is 19.3. The number of hydrogen-bond donors (Lipinski definition) is 2. The van der Waals surface area contributed by atoms with E-state index in [1.54, 1.807) is 0 Å². The Morgan fingerprint density at radius 2 is 2.07 bits per heavy atom. The van der Waals surface area contributed by atoms with E-state index >= 15 is 0 Å². The SMILES string of the molecule is CC1(c2cc(NC(=O)c3ccc(F)cn3)ccc2F)N=C(N)COC1C(F)F. The molecule has 0 saturated carbocycles. The van der Waals surface area contributed by atoms with Gasteiger partial charge in [0.1, 0.15) is 41.4 Å². The molecule has 3 rings (SSSR count). The predicted molar refractivity (Wildman–Crippen MR) is 93.3 cm³/mol. The summed E-state index contributed by atoms with van der Waals surface area (Å²) in [5.41, 5.74) is 3.64. The number of halogens is 4. The molecule has 1 aliphatic heterocycles. The van der Waals surface area contributed by atoms with Crippen LogP contribution in [-0.4, -0.2) is 35.9 Å². The Kier molecular flexibility index (Phi) is 5.32. The lowest BCUT2D eigenvalue weighted by Crippen LogP contribution is -2.49. The minimum Gasteiger partial charge on any atom is -0.386 e. The molecule has 28 heavy (non-hydrogen) atoms. The van der Waals surface area contributed by atoms with Crippen molar-refractivity contribution in [3.63, 3.8) is 0 Å². The van der Waals surface area contributed by atoms with E-state index in [0.29, 0.717) is 0 Å². The van der Waals surface area contributed by atoms with Crippen LogP contribution in [0.3, 0.4) is 0 Å². The summed E-state index contributed by atoms with van der Waals surface area (Å²) < 4.78 is 59.4. The molecule has 1 aliphatic rings. The Balaban J connectivity index is 1.95. The number of nitrogens with zero attached hydrogens (tertiary/aromatic N) is 2. The number of carbonyl (C=O) groups excluding carboxylic acids is 1. The van der Waals surface area contributed by atoms with Crippen molar-refractivity contribution in [1.82, 2.24) is 4.98 Å². The lowest BCUT2D eigenvalue weighted by molar-refractivity contribution is -0.0883. The molecule has 2 heterocycles. The Morgan fingerprint density at radius 1 is 1.32 bits per heavy atom. The summed E-state index contributed by atoms with van der Waals surface area (Å²) in [5.74, 6) is -2.16. The number of aromatic nitrogens is 1. The maximum atomic E-state index is 14.5. The molecule has 0 bridgehead atoms. The highest BCUT2D eigenvalue weighted by molar-refractivity contribution is 6.02. The topological polar surface area (TPSA) is 89.6 Å². The van der Waals surface area contributed by atoms with Crippen LogP contribution < -0.4 is 11.1 Å². The monoisotopic (exact) mass is 396 g/mol. The van der Waals surface area contributed by atoms with Crippen molar-refractivity contribution in [3.05, 3.63) is 59.4 Å². The number of amides is 1. The molecule has 0 saturated heterocycles. The van der Waals surface area contributed by atoms with Crippen molar-refractivity contribution in [2.45, 2.75) is 25.0 Å². The van der Waals surface area contributed by atoms with Gasteiger partial charge in [0.25, 0.3) is 12.3 Å². The second-order valence-corrected chi connectivity index (χ2v) is 6.33. The number of carbonyl (C=O) groups is 1. The van der Waals surface area contributed by atoms with Crippen LogP contribution >= 0.6 is 0 Å². The van der Waals surface area contributed by atoms with Crippen molar-refractivity contribution in [2.75, 3.05) is 11.9 Å². The smallest absolute Gasteiger partial charge is 0.274 e. The number of rotatable bonds is 4. The average Bonchev–Trinajstić information content (AvgIpc) is 2.63. The molecule has 1 aromatic carbocycles. The first kappa shape index (κ1) is 19.7. The number of anilines is 1. The third-order valence-electron chi connectivity index (χ3n) is 4.30. The fourth-order valence-electron chi connectivity index (χ4n) is 2.96. The number of ether oxygens (including phenoxy) is 1. The van der Waals surface area contributed by atoms with Gasteiger partial charge in [-0.3, -0.25) is 9.79 Å². The molecule has 6 nitrogen and oxygen atoms in total. The normalized spacial score (nSPS) is 22.1. The molecule has 148 valence electrons. The first-order valence-corrected chi connectivity index (χ1v) is 8.17. The number of nitrogens with one attached hydrogen (secondary N) is 1. The van der Waals surface area contributed by atoms with E-state index in [-0.39, 0.29) is 29.4 Å². The summed E-state index contributed by atoms with van der Waals surface area (Å²) in [4.78, 5) is 19.9. The standard InChI is InChI=1S/C18H16F4N4O2/c1-18(15(16(21)22)28-8-14(23)26-18)11-6-10(3-4-12(11)20)25-17(27)13-5-2-9(19)7-24-13/h2-7,15-16H,8H2,1H3,(H2,23,26)(H,25,27). The molecule has 2 atom stereocenters. The fourth-order valence-corrected chi connectivity index (χ4v) is 2.96. The summed E-state index contributed by atoms with van der Waals surface area (Å²) in [6.45, 7) is 0.986. The van der Waals surface area contributed by atoms with Gasteiger partial charge in [0.2, 0.25) is 0 Å². The third kappa shape index (κ3) is 3.81. The van der Waals surface area contributed by atoms with Gasteiger partial charge < -0.3 is 15.8 Å². The Hall–Kier alpha value is -3.01. The average molecular weight is 396 g/mol. The van der Waals surface area contributed by atoms with Crippen molar-refractivity contribution >= 4 is 17.4 Å². The van der Waals surface area contributed by atoms with Crippen LogP contribution in [0.25, 0.3) is 0 Å². The summed E-state index contributed by atoms with van der Waals surface area (Å²) >= 11 is 0. The van der Waals surface area contributed by atoms with Crippen LogP contribution in [0.4, 0.5) is 23.2 Å². The molecule has 0 fully saturated rings. The van der Waals surface area contributed by atoms with E-state index in [4.69, 9.17) is 10.5 Å². The van der Waals surface area contributed by atoms with E-state index in [1.807, 2.05) is 0 Å². The number of hydrogen-bond acceptors (Lipinski definition) is 5. The molecule has 0 spiro atoms. The van der Waals surface area contributed by atoms with Crippen molar-refractivity contribution in [2.24, 2.45) is 10.7 Å². The van der Waals surface area contributed by atoms with Gasteiger partial charge in [-0.25, -0.2) is 22.5 Å². The van der Waals surface area contributed by atoms with Gasteiger partial charge in [-0.1, -0.05) is 0 Å². The van der Waals surface area contributed by atoms with E-state index in [2.05, 4.69) is 15.3 Å². The van der Waals surface area contributed by atoms with Gasteiger partial charge >= 0.3 is 0 Å². The van der Waals surface area contributed by atoms with E-state index < -0.39 is 35.6 Å². The number of alkyl halides is 2. The van der Waals surface area contributed by atoms with Gasteiger partial charge in [-0.15, -0.1) is 0 Å². The highest BCUT2D eigenvalue weighted by Crippen LogP contribution is 2.39. The second kappa shape index (κ2) is 7.55. The summed E-state index contributed by atoms with van der Waals surface area (Å²) in [6.07, 6.45) is -3.79. The number of aliphatic imine (C=N–C) groups is 1. The zero-order valence-electron chi connectivity index (χ0n) is 14.6. The molecule has 0 aliphatic carbocycles. The van der Waals surface area contributed by atoms with Crippen LogP contribution in [0.15, 0.2) is 41.5 Å². The van der Waals surface area contributed by atoms with Crippen LogP contribution in [-0.2, 0) is 10.3 Å². The maximum Gasteiger partial charge on any atom is 0.274 e. The first-order valence-electron chi connectivity index (χ1n) is 8.17. The molecule has 1 aromatic heterocycles. The second-order valence-electron chi connectivity index (χ2n) is 6.33. The lowest BCUT2D eigenvalue weighted by atomic mass is 9.85. The Morgan fingerprint density at radius 3 is 2.71 bits per heavy atom. The van der Waals surface area contributed by atoms with Crippen LogP contribution in [0, 0.1) is 11.6 Å². The molecule has 0 radical (unpaired) electrons. The van der Waals surface area contributed by atoms with Gasteiger partial charge in [0.15, 0.2) is 0 Å². The zero-order chi connectivity index (χ0) is 20.5. The first-order chi connectivity index (χ1) is 13.2. The lowest BCUT2D eigenvalue weighted by Gasteiger charge is -2.37. The molecule has 2 aromatic rings. The number of amidine groups is 1. The number of nitrogens with two attached hydrogens (primary N) is 1. The quantitative estimate of drug-likeness (QED) is 0.778. The minimum absolute atomic E-state index is 0.0521. The highest BCUT2D eigenvalue weighted by Gasteiger charge is 2.46. The molecule has 10 heteroatoms. The van der Waals surface area contributed by atoms with Gasteiger partial charge in [-0.2, -0.15) is 0 Å². The van der Waals surface area contributed by atoms with Crippen LogP contribution in [0.1, 0.15) is 23.0 Å². The predicted octanol–water partition coefficient (Wildman–Crippen LogP) is 2.85. The largest absolute Gasteiger partial charge is 0.386 e. The summed E-state index contributed by atoms with van der Waals surface area (Å²) in [5, 5.41) is 2.46. The van der Waals surface area contributed by atoms with E-state index in [9.17, 15) is 22.4 Å². The third-order valence-corrected chi connectivity index (χ3v) is 4.30. The van der Waals surface area contributed by atoms with Crippen LogP contribution in [0.2, 0.25) is 0 Å². The molecule has 3 N–H and O–H groups in total. The molecule has 2 unspecified atom stereocenters. The number of pyridine rings is 1. The summed E-state index contributed by atoms with van der Waals surface area (Å²) in [7, 11) is 0. The van der Waals surface area contributed by atoms with Crippen molar-refractivity contribution < 1.29 is 27.1 Å². The van der Waals surface area contributed by atoms with Crippen molar-refractivity contribution in [3.8, 4) is 0 Å². The minimum atomic E-state index is -2.94. The fraction of sp³-hybridized carbons (Fsp3) is 0.278. The zero-order valence-corrected chi connectivity index (χ0v) is 14.6. The summed E-state index contributed by atoms with van der Waals surface area (Å²) in [6, 6.07) is 5.67. The maximum absolute atomic E-state index is 14.5. The Bertz CT molecular complexity index is 920. The molecular weight excluding hydrogens is 380 g/mol. The molecule has 1 amide bonds. The van der Waals surface area contributed by atoms with Crippen molar-refractivity contribution in [1.29, 1.82) is 0 Å². The Labute approximate surface area is 157 Å². The van der Waals surface area contributed by atoms with Crippen LogP contribution in [0.5, 0.6) is 0 Å².